The maximum atomic E-state index is 12.2. The zero-order valence-electron chi connectivity index (χ0n) is 16.7. The van der Waals surface area contributed by atoms with Gasteiger partial charge in [0.25, 0.3) is 5.91 Å². The lowest BCUT2D eigenvalue weighted by molar-refractivity contribution is -0.145. The highest BCUT2D eigenvalue weighted by atomic mass is 16.5. The van der Waals surface area contributed by atoms with Crippen LogP contribution in [0.4, 0.5) is 0 Å². The number of ether oxygens (including phenoxy) is 1. The summed E-state index contributed by atoms with van der Waals surface area (Å²) in [6.07, 6.45) is 10.6. The first-order valence-corrected chi connectivity index (χ1v) is 10.1. The second kappa shape index (κ2) is 13.4. The van der Waals surface area contributed by atoms with Crippen molar-refractivity contribution in [3.05, 3.63) is 35.4 Å². The first kappa shape index (κ1) is 22.2. The van der Waals surface area contributed by atoms with E-state index in [0.717, 1.165) is 19.3 Å². The normalized spacial score (nSPS) is 11.8. The first-order chi connectivity index (χ1) is 12.6. The molecule has 1 aromatic rings. The van der Waals surface area contributed by atoms with Crippen molar-refractivity contribution in [2.45, 2.75) is 84.6 Å². The van der Waals surface area contributed by atoms with Crippen molar-refractivity contribution >= 4 is 11.9 Å². The molecule has 1 amide bonds. The molecule has 0 fully saturated rings. The number of benzene rings is 1. The van der Waals surface area contributed by atoms with Crippen molar-refractivity contribution in [1.29, 1.82) is 0 Å². The maximum Gasteiger partial charge on any atom is 0.328 e. The van der Waals surface area contributed by atoms with Crippen molar-refractivity contribution in [2.75, 3.05) is 6.61 Å². The average Bonchev–Trinajstić information content (AvgIpc) is 2.66. The Hall–Kier alpha value is -1.84. The molecule has 26 heavy (non-hydrogen) atoms. The Bertz CT molecular complexity index is 525. The monoisotopic (exact) mass is 361 g/mol. The molecule has 0 heterocycles. The molecule has 0 unspecified atom stereocenters. The molecule has 1 N–H and O–H groups in total. The van der Waals surface area contributed by atoms with Gasteiger partial charge in [-0.3, -0.25) is 4.79 Å². The Morgan fingerprint density at radius 3 is 2.08 bits per heavy atom. The van der Waals surface area contributed by atoms with Crippen LogP contribution in [0.15, 0.2) is 24.3 Å². The van der Waals surface area contributed by atoms with Crippen LogP contribution < -0.4 is 5.32 Å². The molecule has 0 aliphatic rings. The predicted octanol–water partition coefficient (Wildman–Crippen LogP) is 5.05. The smallest absolute Gasteiger partial charge is 0.328 e. The Kier molecular flexibility index (Phi) is 11.4. The van der Waals surface area contributed by atoms with Crippen LogP contribution in [0.2, 0.25) is 0 Å². The van der Waals surface area contributed by atoms with Gasteiger partial charge in [-0.05, 0) is 37.5 Å². The van der Waals surface area contributed by atoms with Gasteiger partial charge in [-0.25, -0.2) is 4.79 Å². The lowest BCUT2D eigenvalue weighted by atomic mass is 10.1. The van der Waals surface area contributed by atoms with E-state index in [9.17, 15) is 9.59 Å². The highest BCUT2D eigenvalue weighted by Crippen LogP contribution is 2.09. The van der Waals surface area contributed by atoms with Crippen molar-refractivity contribution < 1.29 is 14.3 Å². The van der Waals surface area contributed by atoms with Crippen LogP contribution in [0, 0.1) is 0 Å². The van der Waals surface area contributed by atoms with Gasteiger partial charge in [0.1, 0.15) is 6.04 Å². The summed E-state index contributed by atoms with van der Waals surface area (Å²) in [6, 6.07) is 6.79. The zero-order chi connectivity index (χ0) is 19.2. The first-order valence-electron chi connectivity index (χ1n) is 10.1. The zero-order valence-corrected chi connectivity index (χ0v) is 16.7. The molecule has 1 atom stereocenters. The standard InChI is InChI=1S/C22H35NO3/c1-4-6-7-8-9-10-11-12-17-26-22(25)18(3)23-21(24)20-15-13-19(5-2)14-16-20/h13-16,18H,4-12,17H2,1-3H3,(H,23,24)/t18-/m0/s1. The lowest BCUT2D eigenvalue weighted by Gasteiger charge is -2.13. The molecule has 0 aliphatic carbocycles. The molecule has 0 aliphatic heterocycles. The summed E-state index contributed by atoms with van der Waals surface area (Å²) in [6.45, 7) is 6.38. The molecule has 0 radical (unpaired) electrons. The Morgan fingerprint density at radius 1 is 0.923 bits per heavy atom. The molecule has 1 rings (SSSR count). The van der Waals surface area contributed by atoms with Crippen LogP contribution in [0.5, 0.6) is 0 Å². The molecule has 0 spiro atoms. The number of hydrogen-bond donors (Lipinski definition) is 1. The van der Waals surface area contributed by atoms with E-state index in [1.807, 2.05) is 12.1 Å². The topological polar surface area (TPSA) is 55.4 Å². The van der Waals surface area contributed by atoms with E-state index >= 15 is 0 Å². The molecular formula is C22H35NO3. The summed E-state index contributed by atoms with van der Waals surface area (Å²) < 4.78 is 5.27. The van der Waals surface area contributed by atoms with Gasteiger partial charge < -0.3 is 10.1 Å². The lowest BCUT2D eigenvalue weighted by Crippen LogP contribution is -2.39. The van der Waals surface area contributed by atoms with Crippen LogP contribution in [0.1, 0.15) is 88.1 Å². The number of aryl methyl sites for hydroxylation is 1. The largest absolute Gasteiger partial charge is 0.464 e. The quantitative estimate of drug-likeness (QED) is 0.395. The maximum absolute atomic E-state index is 12.2. The van der Waals surface area contributed by atoms with Crippen molar-refractivity contribution in [2.24, 2.45) is 0 Å². The summed E-state index contributed by atoms with van der Waals surface area (Å²) in [4.78, 5) is 24.1. The van der Waals surface area contributed by atoms with Gasteiger partial charge in [0.05, 0.1) is 6.61 Å². The number of nitrogens with one attached hydrogen (secondary N) is 1. The van der Waals surface area contributed by atoms with Gasteiger partial charge in [-0.2, -0.15) is 0 Å². The number of carbonyl (C=O) groups is 2. The predicted molar refractivity (Wildman–Crippen MR) is 106 cm³/mol. The molecule has 146 valence electrons. The highest BCUT2D eigenvalue weighted by molar-refractivity contribution is 5.96. The third-order valence-corrected chi connectivity index (χ3v) is 4.57. The van der Waals surface area contributed by atoms with Gasteiger partial charge >= 0.3 is 5.97 Å². The summed E-state index contributed by atoms with van der Waals surface area (Å²) in [5.74, 6) is -0.615. The second-order valence-corrected chi connectivity index (χ2v) is 6.89. The van der Waals surface area contributed by atoms with E-state index in [1.165, 1.54) is 44.1 Å². The fourth-order valence-corrected chi connectivity index (χ4v) is 2.76. The summed E-state index contributed by atoms with van der Waals surface area (Å²) in [7, 11) is 0. The Labute approximate surface area is 158 Å². The number of unbranched alkanes of at least 4 members (excludes halogenated alkanes) is 7. The minimum absolute atomic E-state index is 0.246. The Morgan fingerprint density at radius 2 is 1.50 bits per heavy atom. The van der Waals surface area contributed by atoms with Crippen molar-refractivity contribution in [3.63, 3.8) is 0 Å². The van der Waals surface area contributed by atoms with Crippen LogP contribution in [-0.2, 0) is 16.0 Å². The second-order valence-electron chi connectivity index (χ2n) is 6.89. The molecule has 1 aromatic carbocycles. The molecule has 4 nitrogen and oxygen atoms in total. The van der Waals surface area contributed by atoms with E-state index in [-0.39, 0.29) is 11.9 Å². The number of rotatable bonds is 13. The van der Waals surface area contributed by atoms with Gasteiger partial charge in [0.15, 0.2) is 0 Å². The van der Waals surface area contributed by atoms with E-state index in [0.29, 0.717) is 12.2 Å². The van der Waals surface area contributed by atoms with Crippen molar-refractivity contribution in [3.8, 4) is 0 Å². The van der Waals surface area contributed by atoms with Crippen LogP contribution in [0.3, 0.4) is 0 Å². The fraction of sp³-hybridized carbons (Fsp3) is 0.636. The number of hydrogen-bond acceptors (Lipinski definition) is 3. The van der Waals surface area contributed by atoms with Crippen LogP contribution >= 0.6 is 0 Å². The van der Waals surface area contributed by atoms with Crippen LogP contribution in [-0.4, -0.2) is 24.5 Å². The summed E-state index contributed by atoms with van der Waals surface area (Å²) in [5, 5.41) is 2.70. The van der Waals surface area contributed by atoms with Gasteiger partial charge in [0.2, 0.25) is 0 Å². The van der Waals surface area contributed by atoms with E-state index in [2.05, 4.69) is 19.2 Å². The van der Waals surface area contributed by atoms with E-state index < -0.39 is 6.04 Å². The summed E-state index contributed by atoms with van der Waals surface area (Å²) >= 11 is 0. The van der Waals surface area contributed by atoms with Crippen molar-refractivity contribution in [1.82, 2.24) is 5.32 Å². The van der Waals surface area contributed by atoms with Gasteiger partial charge in [-0.1, -0.05) is 70.9 Å². The minimum atomic E-state index is -0.637. The third-order valence-electron chi connectivity index (χ3n) is 4.57. The molecule has 0 bridgehead atoms. The molecule has 0 aromatic heterocycles. The van der Waals surface area contributed by atoms with E-state index in [4.69, 9.17) is 4.74 Å². The molecule has 4 heteroatoms. The van der Waals surface area contributed by atoms with Gasteiger partial charge in [-0.15, -0.1) is 0 Å². The SMILES string of the molecule is CCCCCCCCCCOC(=O)[C@H](C)NC(=O)c1ccc(CC)cc1. The number of amides is 1. The number of carbonyl (C=O) groups excluding carboxylic acids is 2. The van der Waals surface area contributed by atoms with Crippen LogP contribution in [0.25, 0.3) is 0 Å². The summed E-state index contributed by atoms with van der Waals surface area (Å²) in [5.41, 5.74) is 1.74. The fourth-order valence-electron chi connectivity index (χ4n) is 2.76. The third kappa shape index (κ3) is 9.02. The molecule has 0 saturated carbocycles. The van der Waals surface area contributed by atoms with E-state index in [1.54, 1.807) is 19.1 Å². The Balaban J connectivity index is 2.16. The highest BCUT2D eigenvalue weighted by Gasteiger charge is 2.17. The molecular weight excluding hydrogens is 326 g/mol. The minimum Gasteiger partial charge on any atom is -0.464 e. The molecule has 0 saturated heterocycles. The van der Waals surface area contributed by atoms with Gasteiger partial charge in [0, 0.05) is 5.56 Å². The number of esters is 1. The average molecular weight is 362 g/mol.